The first kappa shape index (κ1) is 26.4. The number of β-amino-alcohol motifs (C(OH)–C–C–N with tert-alkyl or cyclic N) is 1. The lowest BCUT2D eigenvalue weighted by Crippen LogP contribution is -2.44. The molecule has 3 heterocycles. The SMILES string of the molecule is C.CN1CCN(C[C@H](O)CN2CCc3ccccc3C2)C(=O)c2ccc(OC3CCNCC3F)cc21. The fourth-order valence-electron chi connectivity index (χ4n) is 5.34. The molecule has 0 bridgehead atoms. The lowest BCUT2D eigenvalue weighted by atomic mass is 10.00. The van der Waals surface area contributed by atoms with Crippen LogP contribution >= 0.6 is 0 Å². The van der Waals surface area contributed by atoms with Crippen LogP contribution in [-0.4, -0.2) is 92.1 Å². The maximum atomic E-state index is 14.2. The van der Waals surface area contributed by atoms with Crippen molar-refractivity contribution in [1.82, 2.24) is 15.1 Å². The van der Waals surface area contributed by atoms with Crippen LogP contribution in [0.2, 0.25) is 0 Å². The number of fused-ring (bicyclic) bond motifs is 2. The number of amides is 1. The second-order valence-electron chi connectivity index (χ2n) is 9.92. The molecule has 0 radical (unpaired) electrons. The van der Waals surface area contributed by atoms with E-state index >= 15 is 0 Å². The Hall–Kier alpha value is -2.68. The number of carbonyl (C=O) groups excluding carboxylic acids is 1. The van der Waals surface area contributed by atoms with Crippen LogP contribution in [0.4, 0.5) is 10.1 Å². The van der Waals surface area contributed by atoms with E-state index in [1.54, 1.807) is 17.0 Å². The molecule has 0 saturated carbocycles. The minimum Gasteiger partial charge on any atom is -0.487 e. The largest absolute Gasteiger partial charge is 0.487 e. The van der Waals surface area contributed by atoms with Crippen LogP contribution in [0.3, 0.4) is 0 Å². The van der Waals surface area contributed by atoms with E-state index in [1.165, 1.54) is 11.1 Å². The van der Waals surface area contributed by atoms with Crippen molar-refractivity contribution in [2.75, 3.05) is 57.8 Å². The second-order valence-corrected chi connectivity index (χ2v) is 9.92. The molecule has 2 N–H and O–H groups in total. The van der Waals surface area contributed by atoms with Gasteiger partial charge in [-0.05, 0) is 42.6 Å². The van der Waals surface area contributed by atoms with E-state index in [2.05, 4.69) is 34.5 Å². The molecule has 36 heavy (non-hydrogen) atoms. The molecule has 1 amide bonds. The summed E-state index contributed by atoms with van der Waals surface area (Å²) in [6, 6.07) is 13.8. The van der Waals surface area contributed by atoms with E-state index in [1.807, 2.05) is 18.0 Å². The molecule has 0 aliphatic carbocycles. The van der Waals surface area contributed by atoms with Crippen molar-refractivity contribution in [2.45, 2.75) is 45.2 Å². The highest BCUT2D eigenvalue weighted by atomic mass is 19.1. The molecule has 8 heteroatoms. The van der Waals surface area contributed by atoms with Crippen LogP contribution in [0, 0.1) is 0 Å². The molecule has 2 aromatic rings. The molecule has 1 saturated heterocycles. The zero-order chi connectivity index (χ0) is 24.4. The van der Waals surface area contributed by atoms with Crippen molar-refractivity contribution in [3.8, 4) is 5.75 Å². The smallest absolute Gasteiger partial charge is 0.256 e. The molecule has 2 unspecified atom stereocenters. The van der Waals surface area contributed by atoms with Gasteiger partial charge in [0.15, 0.2) is 0 Å². The normalized spacial score (nSPS) is 23.2. The van der Waals surface area contributed by atoms with Crippen molar-refractivity contribution in [3.05, 3.63) is 59.2 Å². The van der Waals surface area contributed by atoms with Gasteiger partial charge < -0.3 is 25.0 Å². The fourth-order valence-corrected chi connectivity index (χ4v) is 5.34. The predicted octanol–water partition coefficient (Wildman–Crippen LogP) is 2.71. The molecule has 2 aromatic carbocycles. The Morgan fingerprint density at radius 1 is 1.14 bits per heavy atom. The number of hydrogen-bond acceptors (Lipinski definition) is 6. The molecule has 3 atom stereocenters. The molecular weight excluding hydrogens is 459 g/mol. The molecule has 3 aliphatic rings. The van der Waals surface area contributed by atoms with Crippen molar-refractivity contribution in [1.29, 1.82) is 0 Å². The Kier molecular flexibility index (Phi) is 8.49. The van der Waals surface area contributed by atoms with E-state index in [0.29, 0.717) is 50.5 Å². The predicted molar refractivity (Wildman–Crippen MR) is 141 cm³/mol. The number of hydrogen-bond donors (Lipinski definition) is 2. The fraction of sp³-hybridized carbons (Fsp3) is 0.536. The Morgan fingerprint density at radius 3 is 2.75 bits per heavy atom. The number of ether oxygens (including phenoxy) is 1. The Balaban J connectivity index is 0.00000304. The van der Waals surface area contributed by atoms with Crippen molar-refractivity contribution < 1.29 is 19.0 Å². The number of aliphatic hydroxyl groups excluding tert-OH is 1. The van der Waals surface area contributed by atoms with Gasteiger partial charge in [0, 0.05) is 58.9 Å². The number of benzene rings is 2. The van der Waals surface area contributed by atoms with Crippen LogP contribution in [0.25, 0.3) is 0 Å². The average molecular weight is 499 g/mol. The number of likely N-dealkylation sites (N-methyl/N-ethyl adjacent to an activating group) is 1. The van der Waals surface area contributed by atoms with Gasteiger partial charge in [-0.3, -0.25) is 9.69 Å². The summed E-state index contributed by atoms with van der Waals surface area (Å²) in [5.41, 5.74) is 4.06. The van der Waals surface area contributed by atoms with Gasteiger partial charge in [0.2, 0.25) is 0 Å². The summed E-state index contributed by atoms with van der Waals surface area (Å²) in [5.74, 6) is 0.487. The minimum absolute atomic E-state index is 0. The third-order valence-corrected chi connectivity index (χ3v) is 7.35. The minimum atomic E-state index is -1.05. The van der Waals surface area contributed by atoms with Gasteiger partial charge in [0.05, 0.1) is 17.4 Å². The first-order chi connectivity index (χ1) is 17.0. The molecule has 0 aromatic heterocycles. The number of nitrogens with one attached hydrogen (secondary N) is 1. The van der Waals surface area contributed by atoms with Crippen LogP contribution in [-0.2, 0) is 13.0 Å². The summed E-state index contributed by atoms with van der Waals surface area (Å²) in [4.78, 5) is 19.4. The van der Waals surface area contributed by atoms with E-state index < -0.39 is 18.4 Å². The zero-order valence-electron chi connectivity index (χ0n) is 20.3. The maximum absolute atomic E-state index is 14.2. The number of rotatable bonds is 6. The highest BCUT2D eigenvalue weighted by molar-refractivity contribution is 6.00. The van der Waals surface area contributed by atoms with E-state index in [4.69, 9.17) is 4.74 Å². The topological polar surface area (TPSA) is 68.3 Å². The highest BCUT2D eigenvalue weighted by Crippen LogP contribution is 2.30. The third kappa shape index (κ3) is 5.82. The summed E-state index contributed by atoms with van der Waals surface area (Å²) in [7, 11) is 1.95. The quantitative estimate of drug-likeness (QED) is 0.639. The number of piperidine rings is 1. The summed E-state index contributed by atoms with van der Waals surface area (Å²) < 4.78 is 20.2. The summed E-state index contributed by atoms with van der Waals surface area (Å²) in [6.45, 7) is 4.77. The average Bonchev–Trinajstić information content (AvgIpc) is 2.97. The van der Waals surface area contributed by atoms with Crippen molar-refractivity contribution in [3.63, 3.8) is 0 Å². The van der Waals surface area contributed by atoms with E-state index in [0.717, 1.165) is 31.7 Å². The molecular formula is C28H39FN4O3. The van der Waals surface area contributed by atoms with Crippen molar-refractivity contribution >= 4 is 11.6 Å². The Bertz CT molecular complexity index is 1050. The molecule has 5 rings (SSSR count). The highest BCUT2D eigenvalue weighted by Gasteiger charge is 2.30. The van der Waals surface area contributed by atoms with Gasteiger partial charge in [-0.25, -0.2) is 4.39 Å². The standard InChI is InChI=1S/C27H35FN4O3.CH4/c1-30-12-13-32(18-21(33)17-31-11-9-19-4-2-3-5-20(19)16-31)27(34)23-7-6-22(14-25(23)30)35-26-8-10-29-15-24(26)28;/h2-7,14,21,24,26,29,33H,8-13,15-18H2,1H3;1H4/t21-,24?,26?;/m1./s1. The van der Waals surface area contributed by atoms with Gasteiger partial charge in [-0.2, -0.15) is 0 Å². The number of alkyl halides is 1. The lowest BCUT2D eigenvalue weighted by Gasteiger charge is -2.32. The van der Waals surface area contributed by atoms with Crippen LogP contribution in [0.15, 0.2) is 42.5 Å². The number of halogens is 1. The number of nitrogens with zero attached hydrogens (tertiary/aromatic N) is 3. The van der Waals surface area contributed by atoms with E-state index in [-0.39, 0.29) is 13.3 Å². The number of aliphatic hydroxyl groups is 1. The molecule has 196 valence electrons. The van der Waals surface area contributed by atoms with Gasteiger partial charge in [0.25, 0.3) is 5.91 Å². The first-order valence-electron chi connectivity index (χ1n) is 12.6. The van der Waals surface area contributed by atoms with Crippen LogP contribution < -0.4 is 15.0 Å². The van der Waals surface area contributed by atoms with Gasteiger partial charge >= 0.3 is 0 Å². The van der Waals surface area contributed by atoms with Crippen LogP contribution in [0.1, 0.15) is 35.3 Å². The van der Waals surface area contributed by atoms with Gasteiger partial charge in [0.1, 0.15) is 18.0 Å². The van der Waals surface area contributed by atoms with Crippen molar-refractivity contribution in [2.24, 2.45) is 0 Å². The number of carbonyl (C=O) groups is 1. The first-order valence-corrected chi connectivity index (χ1v) is 12.6. The second kappa shape index (κ2) is 11.6. The molecule has 0 spiro atoms. The van der Waals surface area contributed by atoms with E-state index in [9.17, 15) is 14.3 Å². The zero-order valence-corrected chi connectivity index (χ0v) is 20.3. The van der Waals surface area contributed by atoms with Gasteiger partial charge in [-0.1, -0.05) is 31.7 Å². The molecule has 1 fully saturated rings. The summed E-state index contributed by atoms with van der Waals surface area (Å²) in [6.07, 6.45) is -0.558. The Morgan fingerprint density at radius 2 is 1.94 bits per heavy atom. The molecule has 3 aliphatic heterocycles. The summed E-state index contributed by atoms with van der Waals surface area (Å²) >= 11 is 0. The monoisotopic (exact) mass is 498 g/mol. The third-order valence-electron chi connectivity index (χ3n) is 7.35. The maximum Gasteiger partial charge on any atom is 0.256 e. The lowest BCUT2D eigenvalue weighted by molar-refractivity contribution is 0.0521. The van der Waals surface area contributed by atoms with Gasteiger partial charge in [-0.15, -0.1) is 0 Å². The number of anilines is 1. The van der Waals surface area contributed by atoms with Crippen LogP contribution in [0.5, 0.6) is 5.75 Å². The summed E-state index contributed by atoms with van der Waals surface area (Å²) in [5, 5.41) is 13.9. The molecule has 7 nitrogen and oxygen atoms in total. The Labute approximate surface area is 213 Å².